The van der Waals surface area contributed by atoms with Crippen molar-refractivity contribution in [2.75, 3.05) is 13.7 Å². The fourth-order valence-corrected chi connectivity index (χ4v) is 2.84. The Hall–Kier alpha value is -2.82. The van der Waals surface area contributed by atoms with Gasteiger partial charge in [-0.05, 0) is 36.6 Å². The molecular weight excluding hydrogens is 340 g/mol. The number of hydrogen-bond donors (Lipinski definition) is 1. The topological polar surface area (TPSA) is 58.6 Å². The zero-order valence-electron chi connectivity index (χ0n) is 16.3. The lowest BCUT2D eigenvalue weighted by Crippen LogP contribution is -2.47. The first-order valence-corrected chi connectivity index (χ1v) is 9.29. The largest absolute Gasteiger partial charge is 0.497 e. The van der Waals surface area contributed by atoms with Crippen LogP contribution < -0.4 is 10.1 Å². The molecule has 5 heteroatoms. The number of rotatable bonds is 9. The van der Waals surface area contributed by atoms with Gasteiger partial charge in [-0.3, -0.25) is 9.59 Å². The summed E-state index contributed by atoms with van der Waals surface area (Å²) in [6, 6.07) is 17.0. The summed E-state index contributed by atoms with van der Waals surface area (Å²) in [7, 11) is 1.61. The highest BCUT2D eigenvalue weighted by Crippen LogP contribution is 2.15. The van der Waals surface area contributed by atoms with Crippen molar-refractivity contribution in [1.29, 1.82) is 0 Å². The lowest BCUT2D eigenvalue weighted by atomic mass is 10.1. The first-order valence-electron chi connectivity index (χ1n) is 9.29. The monoisotopic (exact) mass is 368 g/mol. The summed E-state index contributed by atoms with van der Waals surface area (Å²) in [6.07, 6.45) is 1.12. The summed E-state index contributed by atoms with van der Waals surface area (Å²) in [4.78, 5) is 26.6. The van der Waals surface area contributed by atoms with Crippen molar-refractivity contribution in [3.8, 4) is 5.75 Å². The standard InChI is InChI=1S/C22H28N2O3/c1-4-21(25)24(16-19-10-12-20(27-3)13-11-19)17(2)22(26)23-15-14-18-8-6-5-7-9-18/h5-13,17H,4,14-16H2,1-3H3,(H,23,26). The van der Waals surface area contributed by atoms with Crippen LogP contribution in [-0.4, -0.2) is 36.4 Å². The summed E-state index contributed by atoms with van der Waals surface area (Å²) in [5.74, 6) is 0.580. The third-order valence-electron chi connectivity index (χ3n) is 4.54. The number of nitrogens with zero attached hydrogens (tertiary/aromatic N) is 1. The highest BCUT2D eigenvalue weighted by Gasteiger charge is 2.24. The number of carbonyl (C=O) groups excluding carboxylic acids is 2. The van der Waals surface area contributed by atoms with Crippen LogP contribution >= 0.6 is 0 Å². The number of benzene rings is 2. The van der Waals surface area contributed by atoms with Gasteiger partial charge in [-0.25, -0.2) is 0 Å². The van der Waals surface area contributed by atoms with Gasteiger partial charge < -0.3 is 15.0 Å². The molecule has 1 unspecified atom stereocenters. The van der Waals surface area contributed by atoms with Crippen molar-refractivity contribution in [3.63, 3.8) is 0 Å². The van der Waals surface area contributed by atoms with E-state index in [2.05, 4.69) is 5.32 Å². The molecule has 0 spiro atoms. The van der Waals surface area contributed by atoms with Crippen LogP contribution in [0.15, 0.2) is 54.6 Å². The zero-order chi connectivity index (χ0) is 19.6. The lowest BCUT2D eigenvalue weighted by molar-refractivity contribution is -0.140. The molecule has 0 heterocycles. The van der Waals surface area contributed by atoms with Crippen LogP contribution in [0.3, 0.4) is 0 Å². The Kier molecular flexibility index (Phi) is 7.86. The number of ether oxygens (including phenoxy) is 1. The summed E-state index contributed by atoms with van der Waals surface area (Å²) < 4.78 is 5.16. The molecule has 0 aliphatic rings. The molecule has 0 aliphatic carbocycles. The Morgan fingerprint density at radius 1 is 1.04 bits per heavy atom. The maximum Gasteiger partial charge on any atom is 0.242 e. The molecule has 0 radical (unpaired) electrons. The second-order valence-electron chi connectivity index (χ2n) is 6.43. The predicted molar refractivity (Wildman–Crippen MR) is 106 cm³/mol. The van der Waals surface area contributed by atoms with Crippen molar-refractivity contribution in [3.05, 3.63) is 65.7 Å². The number of amides is 2. The van der Waals surface area contributed by atoms with E-state index in [-0.39, 0.29) is 11.8 Å². The minimum Gasteiger partial charge on any atom is -0.497 e. The second-order valence-corrected chi connectivity index (χ2v) is 6.43. The molecule has 0 saturated carbocycles. The Bertz CT molecular complexity index is 729. The van der Waals surface area contributed by atoms with E-state index in [1.165, 1.54) is 5.56 Å². The predicted octanol–water partition coefficient (Wildman–Crippen LogP) is 3.18. The van der Waals surface area contributed by atoms with E-state index in [4.69, 9.17) is 4.74 Å². The molecule has 2 aromatic carbocycles. The normalized spacial score (nSPS) is 11.5. The van der Waals surface area contributed by atoms with Crippen LogP contribution in [0.25, 0.3) is 0 Å². The van der Waals surface area contributed by atoms with Crippen molar-refractivity contribution in [1.82, 2.24) is 10.2 Å². The molecule has 0 fully saturated rings. The molecule has 2 rings (SSSR count). The van der Waals surface area contributed by atoms with Crippen LogP contribution in [0.5, 0.6) is 5.75 Å². The molecule has 2 amide bonds. The minimum atomic E-state index is -0.532. The third kappa shape index (κ3) is 6.13. The van der Waals surface area contributed by atoms with Crippen molar-refractivity contribution in [2.45, 2.75) is 39.3 Å². The minimum absolute atomic E-state index is 0.0449. The highest BCUT2D eigenvalue weighted by atomic mass is 16.5. The van der Waals surface area contributed by atoms with Gasteiger partial charge in [0, 0.05) is 19.5 Å². The SMILES string of the molecule is CCC(=O)N(Cc1ccc(OC)cc1)C(C)C(=O)NCCc1ccccc1. The first kappa shape index (κ1) is 20.5. The molecule has 1 atom stereocenters. The maximum atomic E-state index is 12.6. The fourth-order valence-electron chi connectivity index (χ4n) is 2.84. The van der Waals surface area contributed by atoms with Gasteiger partial charge >= 0.3 is 0 Å². The van der Waals surface area contributed by atoms with E-state index in [1.807, 2.05) is 61.5 Å². The Morgan fingerprint density at radius 3 is 2.30 bits per heavy atom. The molecule has 5 nitrogen and oxygen atoms in total. The molecule has 1 N–H and O–H groups in total. The third-order valence-corrected chi connectivity index (χ3v) is 4.54. The molecule has 0 saturated heterocycles. The van der Waals surface area contributed by atoms with Crippen LogP contribution in [0, 0.1) is 0 Å². The van der Waals surface area contributed by atoms with E-state index >= 15 is 0 Å². The summed E-state index contributed by atoms with van der Waals surface area (Å²) in [6.45, 7) is 4.52. The average Bonchev–Trinajstić information content (AvgIpc) is 2.72. The van der Waals surface area contributed by atoms with Crippen LogP contribution in [0.2, 0.25) is 0 Å². The highest BCUT2D eigenvalue weighted by molar-refractivity contribution is 5.87. The molecular formula is C22H28N2O3. The first-order chi connectivity index (χ1) is 13.0. The van der Waals surface area contributed by atoms with E-state index in [9.17, 15) is 9.59 Å². The molecule has 0 bridgehead atoms. The number of methoxy groups -OCH3 is 1. The van der Waals surface area contributed by atoms with E-state index in [0.29, 0.717) is 19.5 Å². The van der Waals surface area contributed by atoms with Crippen molar-refractivity contribution < 1.29 is 14.3 Å². The molecule has 144 valence electrons. The van der Waals surface area contributed by atoms with Gasteiger partial charge in [0.1, 0.15) is 11.8 Å². The van der Waals surface area contributed by atoms with Crippen molar-refractivity contribution >= 4 is 11.8 Å². The lowest BCUT2D eigenvalue weighted by Gasteiger charge is -2.28. The van der Waals surface area contributed by atoms with Gasteiger partial charge in [-0.2, -0.15) is 0 Å². The number of hydrogen-bond acceptors (Lipinski definition) is 3. The summed E-state index contributed by atoms with van der Waals surface area (Å²) in [5, 5.41) is 2.94. The summed E-state index contributed by atoms with van der Waals surface area (Å²) in [5.41, 5.74) is 2.13. The zero-order valence-corrected chi connectivity index (χ0v) is 16.3. The smallest absolute Gasteiger partial charge is 0.242 e. The second kappa shape index (κ2) is 10.4. The number of carbonyl (C=O) groups is 2. The van der Waals surface area contributed by atoms with Gasteiger partial charge in [0.05, 0.1) is 7.11 Å². The summed E-state index contributed by atoms with van der Waals surface area (Å²) >= 11 is 0. The average molecular weight is 368 g/mol. The van der Waals surface area contributed by atoms with Crippen LogP contribution in [-0.2, 0) is 22.6 Å². The molecule has 0 aliphatic heterocycles. The van der Waals surface area contributed by atoms with Crippen LogP contribution in [0.4, 0.5) is 0 Å². The number of nitrogens with one attached hydrogen (secondary N) is 1. The molecule has 27 heavy (non-hydrogen) atoms. The Balaban J connectivity index is 1.96. The Labute approximate surface area is 161 Å². The Morgan fingerprint density at radius 2 is 1.70 bits per heavy atom. The van der Waals surface area contributed by atoms with Gasteiger partial charge in [0.15, 0.2) is 0 Å². The maximum absolute atomic E-state index is 12.6. The van der Waals surface area contributed by atoms with E-state index in [0.717, 1.165) is 17.7 Å². The van der Waals surface area contributed by atoms with E-state index < -0.39 is 6.04 Å². The molecule has 0 aromatic heterocycles. The fraction of sp³-hybridized carbons (Fsp3) is 0.364. The van der Waals surface area contributed by atoms with E-state index in [1.54, 1.807) is 18.9 Å². The molecule has 2 aromatic rings. The quantitative estimate of drug-likeness (QED) is 0.740. The van der Waals surface area contributed by atoms with Gasteiger partial charge in [-0.15, -0.1) is 0 Å². The van der Waals surface area contributed by atoms with Gasteiger partial charge in [0.25, 0.3) is 0 Å². The van der Waals surface area contributed by atoms with Gasteiger partial charge in [0.2, 0.25) is 11.8 Å². The van der Waals surface area contributed by atoms with Crippen LogP contribution in [0.1, 0.15) is 31.4 Å². The van der Waals surface area contributed by atoms with Crippen molar-refractivity contribution in [2.24, 2.45) is 0 Å². The van der Waals surface area contributed by atoms with Gasteiger partial charge in [-0.1, -0.05) is 49.4 Å².